The van der Waals surface area contributed by atoms with E-state index in [0.29, 0.717) is 6.42 Å². The molecule has 2 rings (SSSR count). The molecule has 0 aliphatic rings. The van der Waals surface area contributed by atoms with Crippen molar-refractivity contribution in [3.63, 3.8) is 0 Å². The zero-order chi connectivity index (χ0) is 21.4. The summed E-state index contributed by atoms with van der Waals surface area (Å²) in [5.74, 6) is -1.00. The minimum Gasteiger partial charge on any atom is -0.466 e. The van der Waals surface area contributed by atoms with Crippen molar-refractivity contribution in [2.24, 2.45) is 5.92 Å². The van der Waals surface area contributed by atoms with Crippen LogP contribution in [0.5, 0.6) is 5.75 Å². The monoisotopic (exact) mass is 419 g/mol. The summed E-state index contributed by atoms with van der Waals surface area (Å²) in [6.45, 7) is 5.37. The van der Waals surface area contributed by atoms with E-state index in [9.17, 15) is 18.0 Å². The van der Waals surface area contributed by atoms with Crippen molar-refractivity contribution in [2.45, 2.75) is 32.1 Å². The first-order chi connectivity index (χ1) is 13.7. The number of hydrogen-bond donors (Lipinski definition) is 1. The van der Waals surface area contributed by atoms with Gasteiger partial charge in [-0.3, -0.25) is 9.59 Å². The maximum absolute atomic E-state index is 12.4. The molecule has 1 amide bonds. The molecule has 29 heavy (non-hydrogen) atoms. The quantitative estimate of drug-likeness (QED) is 0.496. The molecule has 1 unspecified atom stereocenters. The summed E-state index contributed by atoms with van der Waals surface area (Å²) in [4.78, 5) is 23.3. The van der Waals surface area contributed by atoms with Gasteiger partial charge < -0.3 is 14.2 Å². The third-order valence-corrected chi connectivity index (χ3v) is 5.40. The first-order valence-corrected chi connectivity index (χ1v) is 10.6. The van der Waals surface area contributed by atoms with Crippen LogP contribution in [-0.4, -0.2) is 33.4 Å². The standard InChI is InChI=1S/C21H25NO6S/c1-4-27-21(24)18(14-22-16(3)23)13-17-7-9-19(10-8-17)28-29(25,26)20-11-5-15(2)6-12-20/h5-12,18H,4,13-14H2,1-3H3,(H,22,23). The second-order valence-electron chi connectivity index (χ2n) is 6.58. The number of benzene rings is 2. The Bertz CT molecular complexity index is 936. The molecule has 0 heterocycles. The smallest absolute Gasteiger partial charge is 0.339 e. The molecule has 1 N–H and O–H groups in total. The van der Waals surface area contributed by atoms with E-state index in [-0.39, 0.29) is 29.7 Å². The van der Waals surface area contributed by atoms with E-state index in [4.69, 9.17) is 8.92 Å². The van der Waals surface area contributed by atoms with Gasteiger partial charge in [0.2, 0.25) is 5.91 Å². The number of rotatable bonds is 9. The Morgan fingerprint density at radius 2 is 1.66 bits per heavy atom. The molecule has 0 spiro atoms. The molecule has 2 aromatic rings. The molecule has 7 nitrogen and oxygen atoms in total. The second-order valence-corrected chi connectivity index (χ2v) is 8.13. The summed E-state index contributed by atoms with van der Waals surface area (Å²) in [6, 6.07) is 12.8. The van der Waals surface area contributed by atoms with Gasteiger partial charge in [0.25, 0.3) is 0 Å². The van der Waals surface area contributed by atoms with Gasteiger partial charge in [0.05, 0.1) is 12.5 Å². The van der Waals surface area contributed by atoms with Crippen LogP contribution in [0.25, 0.3) is 0 Å². The summed E-state index contributed by atoms with van der Waals surface area (Å²) in [7, 11) is -3.93. The van der Waals surface area contributed by atoms with E-state index in [2.05, 4.69) is 5.32 Å². The summed E-state index contributed by atoms with van der Waals surface area (Å²) in [6.07, 6.45) is 0.337. The molecule has 0 fully saturated rings. The van der Waals surface area contributed by atoms with E-state index in [1.54, 1.807) is 31.2 Å². The van der Waals surface area contributed by atoms with Crippen molar-refractivity contribution in [2.75, 3.05) is 13.2 Å². The number of nitrogens with one attached hydrogen (secondary N) is 1. The summed E-state index contributed by atoms with van der Waals surface area (Å²) in [5.41, 5.74) is 1.73. The number of carbonyl (C=O) groups is 2. The number of hydrogen-bond acceptors (Lipinski definition) is 6. The highest BCUT2D eigenvalue weighted by Gasteiger charge is 2.21. The molecule has 0 saturated heterocycles. The van der Waals surface area contributed by atoms with Gasteiger partial charge in [-0.15, -0.1) is 0 Å². The SMILES string of the molecule is CCOC(=O)C(CNC(C)=O)Cc1ccc(OS(=O)(=O)c2ccc(C)cc2)cc1. The van der Waals surface area contributed by atoms with Crippen LogP contribution in [0.1, 0.15) is 25.0 Å². The van der Waals surface area contributed by atoms with Gasteiger partial charge in [0, 0.05) is 13.5 Å². The van der Waals surface area contributed by atoms with Crippen LogP contribution in [0.4, 0.5) is 0 Å². The summed E-state index contributed by atoms with van der Waals surface area (Å²) >= 11 is 0. The van der Waals surface area contributed by atoms with Gasteiger partial charge in [0.15, 0.2) is 0 Å². The molecular weight excluding hydrogens is 394 g/mol. The fraction of sp³-hybridized carbons (Fsp3) is 0.333. The number of aryl methyl sites for hydroxylation is 1. The lowest BCUT2D eigenvalue weighted by Crippen LogP contribution is -2.33. The molecule has 8 heteroatoms. The van der Waals surface area contributed by atoms with Crippen molar-refractivity contribution < 1.29 is 26.9 Å². The fourth-order valence-corrected chi connectivity index (χ4v) is 3.54. The predicted octanol–water partition coefficient (Wildman–Crippen LogP) is 2.62. The molecule has 0 saturated carbocycles. The number of esters is 1. The van der Waals surface area contributed by atoms with Crippen molar-refractivity contribution in [1.29, 1.82) is 0 Å². The van der Waals surface area contributed by atoms with Crippen LogP contribution in [0.2, 0.25) is 0 Å². The molecule has 0 aliphatic carbocycles. The van der Waals surface area contributed by atoms with Gasteiger partial charge >= 0.3 is 16.1 Å². The fourth-order valence-electron chi connectivity index (χ4n) is 2.61. The Morgan fingerprint density at radius 1 is 1.03 bits per heavy atom. The van der Waals surface area contributed by atoms with Crippen molar-refractivity contribution in [1.82, 2.24) is 5.32 Å². The minimum atomic E-state index is -3.93. The van der Waals surface area contributed by atoms with Crippen LogP contribution < -0.4 is 9.50 Å². The lowest BCUT2D eigenvalue weighted by atomic mass is 9.99. The van der Waals surface area contributed by atoms with E-state index < -0.39 is 22.0 Å². The second kappa shape index (κ2) is 10.1. The Morgan fingerprint density at radius 3 is 2.21 bits per heavy atom. The summed E-state index contributed by atoms with van der Waals surface area (Å²) < 4.78 is 35.0. The Hall–Kier alpha value is -2.87. The molecule has 0 bridgehead atoms. The maximum Gasteiger partial charge on any atom is 0.339 e. The third-order valence-electron chi connectivity index (χ3n) is 4.14. The van der Waals surface area contributed by atoms with Crippen LogP contribution >= 0.6 is 0 Å². The van der Waals surface area contributed by atoms with Crippen LogP contribution in [0.15, 0.2) is 53.4 Å². The highest BCUT2D eigenvalue weighted by Crippen LogP contribution is 2.21. The van der Waals surface area contributed by atoms with Crippen molar-refractivity contribution in [3.05, 3.63) is 59.7 Å². The van der Waals surface area contributed by atoms with Gasteiger partial charge in [-0.2, -0.15) is 8.42 Å². The summed E-state index contributed by atoms with van der Waals surface area (Å²) in [5, 5.41) is 2.63. The zero-order valence-electron chi connectivity index (χ0n) is 16.7. The average Bonchev–Trinajstić information content (AvgIpc) is 2.66. The topological polar surface area (TPSA) is 98.8 Å². The average molecular weight is 419 g/mol. The Balaban J connectivity index is 2.08. The predicted molar refractivity (Wildman–Crippen MR) is 108 cm³/mol. The number of amides is 1. The largest absolute Gasteiger partial charge is 0.466 e. The van der Waals surface area contributed by atoms with Gasteiger partial charge in [-0.1, -0.05) is 29.8 Å². The normalized spacial score (nSPS) is 12.1. The molecule has 156 valence electrons. The van der Waals surface area contributed by atoms with Crippen molar-refractivity contribution >= 4 is 22.0 Å². The molecule has 1 atom stereocenters. The third kappa shape index (κ3) is 6.90. The highest BCUT2D eigenvalue weighted by atomic mass is 32.2. The molecule has 0 aliphatic heterocycles. The molecule has 0 aromatic heterocycles. The van der Waals surface area contributed by atoms with Crippen LogP contribution in [0, 0.1) is 12.8 Å². The van der Waals surface area contributed by atoms with Gasteiger partial charge in [-0.25, -0.2) is 0 Å². The number of carbonyl (C=O) groups excluding carboxylic acids is 2. The van der Waals surface area contributed by atoms with Crippen molar-refractivity contribution in [3.8, 4) is 5.75 Å². The van der Waals surface area contributed by atoms with E-state index in [1.165, 1.54) is 31.2 Å². The first kappa shape index (κ1) is 22.4. The Labute approximate surface area is 171 Å². The minimum absolute atomic E-state index is 0.0739. The maximum atomic E-state index is 12.4. The lowest BCUT2D eigenvalue weighted by molar-refractivity contribution is -0.147. The van der Waals surface area contributed by atoms with E-state index in [0.717, 1.165) is 11.1 Å². The van der Waals surface area contributed by atoms with Crippen LogP contribution in [0.3, 0.4) is 0 Å². The lowest BCUT2D eigenvalue weighted by Gasteiger charge is -2.16. The van der Waals surface area contributed by atoms with Crippen LogP contribution in [-0.2, 0) is 30.9 Å². The van der Waals surface area contributed by atoms with Gasteiger partial charge in [0.1, 0.15) is 10.6 Å². The Kier molecular flexibility index (Phi) is 7.78. The highest BCUT2D eigenvalue weighted by molar-refractivity contribution is 7.87. The van der Waals surface area contributed by atoms with E-state index in [1.807, 2.05) is 6.92 Å². The molecule has 2 aromatic carbocycles. The zero-order valence-corrected chi connectivity index (χ0v) is 17.5. The molecule has 0 radical (unpaired) electrons. The first-order valence-electron chi connectivity index (χ1n) is 9.22. The van der Waals surface area contributed by atoms with Gasteiger partial charge in [-0.05, 0) is 50.1 Å². The molecular formula is C21H25NO6S. The number of ether oxygens (including phenoxy) is 1. The van der Waals surface area contributed by atoms with E-state index >= 15 is 0 Å².